The summed E-state index contributed by atoms with van der Waals surface area (Å²) in [7, 11) is 1.57. The van der Waals surface area contributed by atoms with Crippen LogP contribution in [0.15, 0.2) is 15.8 Å². The van der Waals surface area contributed by atoms with Crippen molar-refractivity contribution in [1.82, 2.24) is 14.5 Å². The van der Waals surface area contributed by atoms with Crippen LogP contribution < -0.4 is 11.1 Å². The molecule has 5 heteroatoms. The highest BCUT2D eigenvalue weighted by atomic mass is 16.1. The van der Waals surface area contributed by atoms with Crippen LogP contribution in [0, 0.1) is 13.8 Å². The molecule has 0 aliphatic heterocycles. The summed E-state index contributed by atoms with van der Waals surface area (Å²) in [5.74, 6) is 0. The van der Waals surface area contributed by atoms with E-state index >= 15 is 0 Å². The molecule has 0 spiro atoms. The number of rotatable bonds is 0. The van der Waals surface area contributed by atoms with E-state index in [1.165, 1.54) is 10.8 Å². The van der Waals surface area contributed by atoms with E-state index in [0.29, 0.717) is 16.6 Å². The number of aromatic nitrogens is 3. The lowest BCUT2D eigenvalue weighted by Crippen LogP contribution is -2.22. The highest BCUT2D eigenvalue weighted by molar-refractivity contribution is 5.74. The van der Waals surface area contributed by atoms with Crippen LogP contribution in [-0.2, 0) is 7.05 Å². The number of hydrogen-bond donors (Lipinski definition) is 1. The Balaban J connectivity index is 3.07. The van der Waals surface area contributed by atoms with Gasteiger partial charge < -0.3 is 9.55 Å². The molecule has 2 aromatic rings. The molecule has 15 heavy (non-hydrogen) atoms. The fraction of sp³-hybridized carbons (Fsp3) is 0.300. The maximum atomic E-state index is 11.8. The van der Waals surface area contributed by atoms with Gasteiger partial charge in [-0.15, -0.1) is 0 Å². The van der Waals surface area contributed by atoms with Gasteiger partial charge in [0.1, 0.15) is 5.65 Å². The van der Waals surface area contributed by atoms with Gasteiger partial charge in [0.25, 0.3) is 0 Å². The lowest BCUT2D eigenvalue weighted by molar-refractivity contribution is 0.821. The predicted molar refractivity (Wildman–Crippen MR) is 57.1 cm³/mol. The smallest absolute Gasteiger partial charge is 0.343 e. The normalized spacial score (nSPS) is 10.9. The molecule has 0 fully saturated rings. The number of hydrogen-bond acceptors (Lipinski definition) is 3. The zero-order chi connectivity index (χ0) is 11.2. The van der Waals surface area contributed by atoms with Gasteiger partial charge in [0, 0.05) is 24.5 Å². The minimum atomic E-state index is -0.374. The van der Waals surface area contributed by atoms with Gasteiger partial charge in [-0.05, 0) is 13.8 Å². The molecule has 1 N–H and O–H groups in total. The van der Waals surface area contributed by atoms with Crippen molar-refractivity contribution < 1.29 is 0 Å². The summed E-state index contributed by atoms with van der Waals surface area (Å²) in [6, 6.07) is 0. The number of fused-ring (bicyclic) bond motifs is 1. The first-order valence-corrected chi connectivity index (χ1v) is 4.57. The Morgan fingerprint density at radius 1 is 1.33 bits per heavy atom. The summed E-state index contributed by atoms with van der Waals surface area (Å²) in [6.07, 6.45) is 1.51. The van der Waals surface area contributed by atoms with E-state index in [4.69, 9.17) is 0 Å². The molecule has 0 aromatic carbocycles. The number of aromatic amines is 1. The number of H-pyrrole nitrogens is 1. The maximum absolute atomic E-state index is 11.8. The fourth-order valence-corrected chi connectivity index (χ4v) is 1.45. The minimum absolute atomic E-state index is 0.0793. The van der Waals surface area contributed by atoms with E-state index in [1.54, 1.807) is 20.9 Å². The minimum Gasteiger partial charge on any atom is -0.343 e. The van der Waals surface area contributed by atoms with Crippen molar-refractivity contribution in [3.8, 4) is 0 Å². The Morgan fingerprint density at radius 2 is 2.00 bits per heavy atom. The molecule has 0 unspecified atom stereocenters. The Morgan fingerprint density at radius 3 is 2.67 bits per heavy atom. The summed E-state index contributed by atoms with van der Waals surface area (Å²) in [5, 5.41) is 0.445. The van der Waals surface area contributed by atoms with Crippen molar-refractivity contribution in [1.29, 1.82) is 0 Å². The van der Waals surface area contributed by atoms with Gasteiger partial charge in [0.15, 0.2) is 5.43 Å². The van der Waals surface area contributed by atoms with E-state index in [2.05, 4.69) is 9.97 Å². The SMILES string of the molecule is Cc1[nH]c2nc(=O)n(C)cc2c(=O)c1C. The van der Waals surface area contributed by atoms with Gasteiger partial charge in [-0.1, -0.05) is 0 Å². The average molecular weight is 205 g/mol. The van der Waals surface area contributed by atoms with Gasteiger partial charge in [0.2, 0.25) is 0 Å². The van der Waals surface area contributed by atoms with Gasteiger partial charge in [-0.2, -0.15) is 4.98 Å². The lowest BCUT2D eigenvalue weighted by Gasteiger charge is -2.03. The molecule has 0 radical (unpaired) electrons. The molecular weight excluding hydrogens is 194 g/mol. The molecule has 0 aliphatic carbocycles. The number of aryl methyl sites for hydroxylation is 2. The zero-order valence-electron chi connectivity index (χ0n) is 8.79. The van der Waals surface area contributed by atoms with Crippen molar-refractivity contribution in [2.24, 2.45) is 7.05 Å². The Labute approximate surface area is 85.4 Å². The first-order valence-electron chi connectivity index (χ1n) is 4.57. The molecule has 2 aromatic heterocycles. The van der Waals surface area contributed by atoms with Gasteiger partial charge in [0.05, 0.1) is 5.39 Å². The van der Waals surface area contributed by atoms with E-state index in [1.807, 2.05) is 0 Å². The summed E-state index contributed by atoms with van der Waals surface area (Å²) in [5.41, 5.74) is 1.30. The highest BCUT2D eigenvalue weighted by Gasteiger charge is 2.07. The standard InChI is InChI=1S/C10H11N3O2/c1-5-6(2)11-9-7(8(5)14)4-13(3)10(15)12-9/h4H,1-3H3,(H,11,12,15). The van der Waals surface area contributed by atoms with Crippen molar-refractivity contribution in [2.45, 2.75) is 13.8 Å². The van der Waals surface area contributed by atoms with E-state index < -0.39 is 0 Å². The Bertz CT molecular complexity index is 652. The van der Waals surface area contributed by atoms with Crippen LogP contribution in [0.3, 0.4) is 0 Å². The lowest BCUT2D eigenvalue weighted by atomic mass is 10.2. The molecule has 78 valence electrons. The fourth-order valence-electron chi connectivity index (χ4n) is 1.45. The zero-order valence-corrected chi connectivity index (χ0v) is 8.79. The Kier molecular flexibility index (Phi) is 1.96. The highest BCUT2D eigenvalue weighted by Crippen LogP contribution is 2.05. The maximum Gasteiger partial charge on any atom is 0.349 e. The van der Waals surface area contributed by atoms with Crippen molar-refractivity contribution in [3.63, 3.8) is 0 Å². The molecule has 0 amide bonds. The third-order valence-electron chi connectivity index (χ3n) is 2.54. The second-order valence-corrected chi connectivity index (χ2v) is 3.60. The molecule has 0 atom stereocenters. The van der Waals surface area contributed by atoms with Crippen LogP contribution >= 0.6 is 0 Å². The first kappa shape index (κ1) is 9.64. The molecule has 0 aliphatic rings. The van der Waals surface area contributed by atoms with Crippen molar-refractivity contribution in [2.75, 3.05) is 0 Å². The summed E-state index contributed by atoms with van der Waals surface area (Å²) in [4.78, 5) is 29.8. The molecule has 2 heterocycles. The summed E-state index contributed by atoms with van der Waals surface area (Å²) in [6.45, 7) is 3.54. The largest absolute Gasteiger partial charge is 0.349 e. The molecule has 2 rings (SSSR count). The molecule has 0 saturated carbocycles. The van der Waals surface area contributed by atoms with Crippen LogP contribution in [0.1, 0.15) is 11.3 Å². The molecule has 5 nitrogen and oxygen atoms in total. The van der Waals surface area contributed by atoms with Gasteiger partial charge >= 0.3 is 5.69 Å². The second-order valence-electron chi connectivity index (χ2n) is 3.60. The molecule has 0 saturated heterocycles. The van der Waals surface area contributed by atoms with Crippen molar-refractivity contribution in [3.05, 3.63) is 38.2 Å². The first-order chi connectivity index (χ1) is 7.00. The summed E-state index contributed by atoms with van der Waals surface area (Å²) < 4.78 is 1.30. The predicted octanol–water partition coefficient (Wildman–Crippen LogP) is 0.239. The summed E-state index contributed by atoms with van der Waals surface area (Å²) >= 11 is 0. The van der Waals surface area contributed by atoms with E-state index in [9.17, 15) is 9.59 Å². The molecular formula is C10H11N3O2. The topological polar surface area (TPSA) is 67.8 Å². The second kappa shape index (κ2) is 3.05. The van der Waals surface area contributed by atoms with Crippen LogP contribution in [-0.4, -0.2) is 14.5 Å². The number of pyridine rings is 1. The Hall–Kier alpha value is -1.91. The van der Waals surface area contributed by atoms with Gasteiger partial charge in [-0.3, -0.25) is 4.79 Å². The van der Waals surface area contributed by atoms with Crippen LogP contribution in [0.2, 0.25) is 0 Å². The van der Waals surface area contributed by atoms with Crippen LogP contribution in [0.25, 0.3) is 11.0 Å². The van der Waals surface area contributed by atoms with Gasteiger partial charge in [-0.25, -0.2) is 4.79 Å². The monoisotopic (exact) mass is 205 g/mol. The third kappa shape index (κ3) is 1.36. The number of nitrogens with zero attached hydrogens (tertiary/aromatic N) is 2. The number of nitrogens with one attached hydrogen (secondary N) is 1. The average Bonchev–Trinajstić information content (AvgIpc) is 2.19. The van der Waals surface area contributed by atoms with E-state index in [-0.39, 0.29) is 11.1 Å². The van der Waals surface area contributed by atoms with Crippen molar-refractivity contribution >= 4 is 11.0 Å². The van der Waals surface area contributed by atoms with E-state index in [0.717, 1.165) is 5.69 Å². The van der Waals surface area contributed by atoms with Crippen LogP contribution in [0.4, 0.5) is 0 Å². The van der Waals surface area contributed by atoms with Crippen LogP contribution in [0.5, 0.6) is 0 Å². The third-order valence-corrected chi connectivity index (χ3v) is 2.54. The molecule has 0 bridgehead atoms. The quantitative estimate of drug-likeness (QED) is 0.669.